The Balaban J connectivity index is 1.59. The fraction of sp³-hybridized carbons (Fsp3) is 0.263. The first-order valence-electron chi connectivity index (χ1n) is 8.18. The van der Waals surface area contributed by atoms with E-state index in [-0.39, 0.29) is 5.56 Å². The van der Waals surface area contributed by atoms with Crippen LogP contribution in [0, 0.1) is 0 Å². The number of anilines is 1. The Morgan fingerprint density at radius 2 is 1.67 bits per heavy atom. The molecule has 0 spiro atoms. The number of hydrogen-bond donors (Lipinski definition) is 2. The van der Waals surface area contributed by atoms with Crippen LogP contribution < -0.4 is 10.5 Å². The number of hydrogen-bond acceptors (Lipinski definition) is 4. The van der Waals surface area contributed by atoms with Crippen LogP contribution in [0.25, 0.3) is 10.9 Å². The maximum absolute atomic E-state index is 12.2. The molecule has 2 N–H and O–H groups in total. The van der Waals surface area contributed by atoms with E-state index in [0.29, 0.717) is 42.8 Å². The minimum absolute atomic E-state index is 0.125. The Hall–Kier alpha value is -2.66. The number of nitrogens with one attached hydrogen (secondary N) is 1. The van der Waals surface area contributed by atoms with Crippen molar-refractivity contribution in [1.29, 1.82) is 0 Å². The molecule has 1 aliphatic rings. The SMILES string of the molecule is O=c1[nH]c(N2CCC(O)(c3ccccc3)CC2)nc2ccccc12. The van der Waals surface area contributed by atoms with Crippen molar-refractivity contribution in [2.45, 2.75) is 18.4 Å². The lowest BCUT2D eigenvalue weighted by Crippen LogP contribution is -2.43. The van der Waals surface area contributed by atoms with Gasteiger partial charge in [-0.2, -0.15) is 0 Å². The zero-order valence-electron chi connectivity index (χ0n) is 13.3. The summed E-state index contributed by atoms with van der Waals surface area (Å²) in [6.45, 7) is 1.29. The van der Waals surface area contributed by atoms with Crippen molar-refractivity contribution in [1.82, 2.24) is 9.97 Å². The number of aromatic amines is 1. The fourth-order valence-electron chi connectivity index (χ4n) is 3.35. The highest BCUT2D eigenvalue weighted by atomic mass is 16.3. The van der Waals surface area contributed by atoms with E-state index in [1.807, 2.05) is 53.4 Å². The van der Waals surface area contributed by atoms with E-state index < -0.39 is 5.60 Å². The Kier molecular flexibility index (Phi) is 3.58. The van der Waals surface area contributed by atoms with Gasteiger partial charge in [-0.05, 0) is 30.5 Å². The van der Waals surface area contributed by atoms with Crippen LogP contribution in [0.4, 0.5) is 5.95 Å². The number of aromatic nitrogens is 2. The van der Waals surface area contributed by atoms with E-state index in [0.717, 1.165) is 5.56 Å². The van der Waals surface area contributed by atoms with Crippen LogP contribution in [0.5, 0.6) is 0 Å². The zero-order chi connectivity index (χ0) is 16.6. The molecule has 5 heteroatoms. The highest BCUT2D eigenvalue weighted by Crippen LogP contribution is 2.33. The molecular weight excluding hydrogens is 302 g/mol. The summed E-state index contributed by atoms with van der Waals surface area (Å²) in [5, 5.41) is 11.5. The Morgan fingerprint density at radius 3 is 2.42 bits per heavy atom. The number of H-pyrrole nitrogens is 1. The summed E-state index contributed by atoms with van der Waals surface area (Å²) in [4.78, 5) is 21.7. The van der Waals surface area contributed by atoms with E-state index in [9.17, 15) is 9.90 Å². The first-order chi connectivity index (χ1) is 11.7. The van der Waals surface area contributed by atoms with Crippen molar-refractivity contribution in [3.8, 4) is 0 Å². The molecule has 2 aromatic carbocycles. The molecule has 5 nitrogen and oxygen atoms in total. The quantitative estimate of drug-likeness (QED) is 0.760. The standard InChI is InChI=1S/C19H19N3O2/c23-17-15-8-4-5-9-16(15)20-18(21-17)22-12-10-19(24,11-13-22)14-6-2-1-3-7-14/h1-9,24H,10-13H2,(H,20,21,23). The highest BCUT2D eigenvalue weighted by Gasteiger charge is 2.34. The third kappa shape index (κ3) is 2.57. The second kappa shape index (κ2) is 5.76. The first kappa shape index (κ1) is 14.9. The van der Waals surface area contributed by atoms with Crippen LogP contribution >= 0.6 is 0 Å². The maximum Gasteiger partial charge on any atom is 0.260 e. The molecular formula is C19H19N3O2. The van der Waals surface area contributed by atoms with E-state index in [4.69, 9.17) is 0 Å². The third-order valence-corrected chi connectivity index (χ3v) is 4.80. The van der Waals surface area contributed by atoms with Crippen LogP contribution in [0.3, 0.4) is 0 Å². The van der Waals surface area contributed by atoms with E-state index >= 15 is 0 Å². The molecule has 1 aliphatic heterocycles. The molecule has 0 radical (unpaired) electrons. The summed E-state index contributed by atoms with van der Waals surface area (Å²) in [5.41, 5.74) is 0.707. The minimum Gasteiger partial charge on any atom is -0.385 e. The summed E-state index contributed by atoms with van der Waals surface area (Å²) in [7, 11) is 0. The lowest BCUT2D eigenvalue weighted by Gasteiger charge is -2.38. The van der Waals surface area contributed by atoms with Crippen molar-refractivity contribution in [2.75, 3.05) is 18.0 Å². The number of nitrogens with zero attached hydrogens (tertiary/aromatic N) is 2. The average molecular weight is 321 g/mol. The topological polar surface area (TPSA) is 69.2 Å². The minimum atomic E-state index is -0.811. The molecule has 1 fully saturated rings. The van der Waals surface area contributed by atoms with Crippen molar-refractivity contribution in [2.24, 2.45) is 0 Å². The van der Waals surface area contributed by atoms with Gasteiger partial charge in [0.1, 0.15) is 0 Å². The van der Waals surface area contributed by atoms with Crippen LogP contribution in [-0.4, -0.2) is 28.2 Å². The second-order valence-corrected chi connectivity index (χ2v) is 6.29. The lowest BCUT2D eigenvalue weighted by atomic mass is 9.84. The average Bonchev–Trinajstić information content (AvgIpc) is 2.63. The fourth-order valence-corrected chi connectivity index (χ4v) is 3.35. The first-order valence-corrected chi connectivity index (χ1v) is 8.18. The smallest absolute Gasteiger partial charge is 0.260 e. The highest BCUT2D eigenvalue weighted by molar-refractivity contribution is 5.78. The Morgan fingerprint density at radius 1 is 1.00 bits per heavy atom. The maximum atomic E-state index is 12.2. The number of aliphatic hydroxyl groups is 1. The molecule has 4 rings (SSSR count). The Labute approximate surface area is 139 Å². The van der Waals surface area contributed by atoms with Gasteiger partial charge in [0, 0.05) is 13.1 Å². The van der Waals surface area contributed by atoms with Gasteiger partial charge in [-0.25, -0.2) is 4.98 Å². The number of piperidine rings is 1. The number of para-hydroxylation sites is 1. The van der Waals surface area contributed by atoms with Gasteiger partial charge in [0.05, 0.1) is 16.5 Å². The van der Waals surface area contributed by atoms with E-state index in [2.05, 4.69) is 9.97 Å². The molecule has 1 saturated heterocycles. The van der Waals surface area contributed by atoms with Crippen LogP contribution in [-0.2, 0) is 5.60 Å². The molecule has 3 aromatic rings. The molecule has 0 amide bonds. The summed E-state index contributed by atoms with van der Waals surface area (Å²) < 4.78 is 0. The molecule has 0 atom stereocenters. The largest absolute Gasteiger partial charge is 0.385 e. The van der Waals surface area contributed by atoms with Gasteiger partial charge in [0.2, 0.25) is 5.95 Å². The number of fused-ring (bicyclic) bond motifs is 1. The predicted molar refractivity (Wildman–Crippen MR) is 94.1 cm³/mol. The normalized spacial score (nSPS) is 17.1. The van der Waals surface area contributed by atoms with E-state index in [1.165, 1.54) is 0 Å². The molecule has 122 valence electrons. The lowest BCUT2D eigenvalue weighted by molar-refractivity contribution is 0.0115. The molecule has 0 saturated carbocycles. The molecule has 0 aliphatic carbocycles. The molecule has 0 unspecified atom stereocenters. The van der Waals surface area contributed by atoms with Crippen LogP contribution in [0.1, 0.15) is 18.4 Å². The van der Waals surface area contributed by atoms with Gasteiger partial charge in [-0.1, -0.05) is 42.5 Å². The van der Waals surface area contributed by atoms with Crippen LogP contribution in [0.15, 0.2) is 59.4 Å². The van der Waals surface area contributed by atoms with Gasteiger partial charge in [-0.15, -0.1) is 0 Å². The molecule has 24 heavy (non-hydrogen) atoms. The van der Waals surface area contributed by atoms with Gasteiger partial charge in [0.15, 0.2) is 0 Å². The summed E-state index contributed by atoms with van der Waals surface area (Å²) in [5.74, 6) is 0.578. The van der Waals surface area contributed by atoms with Crippen molar-refractivity contribution >= 4 is 16.9 Å². The number of benzene rings is 2. The third-order valence-electron chi connectivity index (χ3n) is 4.80. The monoisotopic (exact) mass is 321 g/mol. The molecule has 0 bridgehead atoms. The van der Waals surface area contributed by atoms with Gasteiger partial charge < -0.3 is 10.0 Å². The zero-order valence-corrected chi connectivity index (χ0v) is 13.3. The Bertz CT molecular complexity index is 913. The molecule has 1 aromatic heterocycles. The number of rotatable bonds is 2. The summed E-state index contributed by atoms with van der Waals surface area (Å²) in [6.07, 6.45) is 1.21. The van der Waals surface area contributed by atoms with Gasteiger partial charge >= 0.3 is 0 Å². The van der Waals surface area contributed by atoms with Crippen molar-refractivity contribution in [3.05, 3.63) is 70.5 Å². The van der Waals surface area contributed by atoms with Crippen molar-refractivity contribution < 1.29 is 5.11 Å². The van der Waals surface area contributed by atoms with E-state index in [1.54, 1.807) is 6.07 Å². The molecule has 2 heterocycles. The van der Waals surface area contributed by atoms with Gasteiger partial charge in [0.25, 0.3) is 5.56 Å². The second-order valence-electron chi connectivity index (χ2n) is 6.29. The van der Waals surface area contributed by atoms with Crippen LogP contribution in [0.2, 0.25) is 0 Å². The van der Waals surface area contributed by atoms with Gasteiger partial charge in [-0.3, -0.25) is 9.78 Å². The van der Waals surface area contributed by atoms with Crippen molar-refractivity contribution in [3.63, 3.8) is 0 Å². The summed E-state index contributed by atoms with van der Waals surface area (Å²) in [6, 6.07) is 17.1. The summed E-state index contributed by atoms with van der Waals surface area (Å²) >= 11 is 0. The predicted octanol–water partition coefficient (Wildman–Crippen LogP) is 2.41.